The molecule has 0 aliphatic heterocycles. The van der Waals surface area contributed by atoms with Crippen molar-refractivity contribution in [1.82, 2.24) is 14.6 Å². The fourth-order valence-electron chi connectivity index (χ4n) is 2.56. The van der Waals surface area contributed by atoms with E-state index in [-0.39, 0.29) is 11.7 Å². The molecule has 0 radical (unpaired) electrons. The van der Waals surface area contributed by atoms with Gasteiger partial charge in [-0.2, -0.15) is 18.2 Å². The predicted octanol–water partition coefficient (Wildman–Crippen LogP) is 4.64. The normalized spacial score (nSPS) is 13.3. The Morgan fingerprint density at radius 2 is 2.19 bits per heavy atom. The second-order valence-corrected chi connectivity index (χ2v) is 7.82. The van der Waals surface area contributed by atoms with Crippen LogP contribution in [-0.4, -0.2) is 26.8 Å². The van der Waals surface area contributed by atoms with E-state index < -0.39 is 18.6 Å². The number of nitrogens with one attached hydrogen (secondary N) is 1. The number of rotatable bonds is 6. The van der Waals surface area contributed by atoms with Gasteiger partial charge in [-0.1, -0.05) is 6.07 Å². The fraction of sp³-hybridized carbons (Fsp3) is 0.333. The molecular formula is C15H14BrClF3N5S. The van der Waals surface area contributed by atoms with Crippen molar-refractivity contribution in [2.45, 2.75) is 31.6 Å². The highest BCUT2D eigenvalue weighted by Crippen LogP contribution is 2.29. The molecule has 0 saturated carbocycles. The molecule has 0 fully saturated rings. The number of nitrogens with two attached hydrogens (primary N) is 1. The lowest BCUT2D eigenvalue weighted by atomic mass is 10.1. The van der Waals surface area contributed by atoms with Gasteiger partial charge in [0.1, 0.15) is 10.1 Å². The topological polar surface area (TPSA) is 68.2 Å². The third kappa shape index (κ3) is 4.67. The van der Waals surface area contributed by atoms with Gasteiger partial charge in [0.15, 0.2) is 5.82 Å². The van der Waals surface area contributed by atoms with Crippen LogP contribution in [0.15, 0.2) is 28.2 Å². The second kappa shape index (κ2) is 7.71. The van der Waals surface area contributed by atoms with E-state index in [0.717, 1.165) is 4.88 Å². The molecule has 3 aromatic rings. The standard InChI is InChI=1S/C15H14BrClF3N5S/c16-12-8(4-9(21)6-15(18,19)20)5-11-13(23-14(17)24-25(11)12)22-7-10-2-1-3-26-10/h1-3,5,9H,4,6-7,21H2,(H,22,23,24)/t9-/m1/s1. The highest BCUT2D eigenvalue weighted by molar-refractivity contribution is 9.10. The van der Waals surface area contributed by atoms with Crippen LogP contribution in [0.2, 0.25) is 5.28 Å². The van der Waals surface area contributed by atoms with Crippen molar-refractivity contribution in [1.29, 1.82) is 0 Å². The summed E-state index contributed by atoms with van der Waals surface area (Å²) in [6.45, 7) is 0.548. The van der Waals surface area contributed by atoms with Gasteiger partial charge in [0.2, 0.25) is 5.28 Å². The Morgan fingerprint density at radius 1 is 1.42 bits per heavy atom. The molecule has 0 aliphatic rings. The maximum atomic E-state index is 12.5. The van der Waals surface area contributed by atoms with Crippen molar-refractivity contribution in [3.05, 3.63) is 43.9 Å². The minimum absolute atomic E-state index is 0.0219. The smallest absolute Gasteiger partial charge is 0.363 e. The van der Waals surface area contributed by atoms with Gasteiger partial charge in [-0.3, -0.25) is 0 Å². The first-order valence-corrected chi connectivity index (χ1v) is 9.60. The summed E-state index contributed by atoms with van der Waals surface area (Å²) in [5.41, 5.74) is 6.86. The van der Waals surface area contributed by atoms with E-state index in [1.807, 2.05) is 17.5 Å². The summed E-state index contributed by atoms with van der Waals surface area (Å²) in [5.74, 6) is 0.495. The molecule has 3 rings (SSSR count). The van der Waals surface area contributed by atoms with Crippen LogP contribution in [0.5, 0.6) is 0 Å². The average molecular weight is 469 g/mol. The third-order valence-corrected chi connectivity index (χ3v) is 5.49. The maximum Gasteiger partial charge on any atom is 0.390 e. The lowest BCUT2D eigenvalue weighted by Gasteiger charge is -2.13. The minimum atomic E-state index is -4.30. The number of hydrogen-bond donors (Lipinski definition) is 2. The van der Waals surface area contributed by atoms with Gasteiger partial charge in [-0.05, 0) is 57.0 Å². The molecular weight excluding hydrogens is 455 g/mol. The number of aromatic nitrogens is 3. The van der Waals surface area contributed by atoms with E-state index in [9.17, 15) is 13.2 Å². The van der Waals surface area contributed by atoms with Crippen LogP contribution in [-0.2, 0) is 13.0 Å². The summed E-state index contributed by atoms with van der Waals surface area (Å²) >= 11 is 10.9. The first-order chi connectivity index (χ1) is 12.2. The molecule has 0 spiro atoms. The molecule has 0 amide bonds. The average Bonchev–Trinajstić information content (AvgIpc) is 3.13. The van der Waals surface area contributed by atoms with E-state index in [1.54, 1.807) is 17.4 Å². The summed E-state index contributed by atoms with van der Waals surface area (Å²) in [6, 6.07) is 4.59. The Labute approximate surface area is 164 Å². The monoisotopic (exact) mass is 467 g/mol. The molecule has 0 aliphatic carbocycles. The quantitative estimate of drug-likeness (QED) is 0.553. The van der Waals surface area contributed by atoms with Gasteiger partial charge in [0, 0.05) is 10.9 Å². The van der Waals surface area contributed by atoms with Crippen LogP contribution in [0.3, 0.4) is 0 Å². The fourth-order valence-corrected chi connectivity index (χ4v) is 3.91. The van der Waals surface area contributed by atoms with E-state index in [1.165, 1.54) is 4.52 Å². The summed E-state index contributed by atoms with van der Waals surface area (Å²) < 4.78 is 39.6. The zero-order valence-corrected chi connectivity index (χ0v) is 16.4. The lowest BCUT2D eigenvalue weighted by molar-refractivity contribution is -0.138. The number of nitrogens with zero attached hydrogens (tertiary/aromatic N) is 3. The molecule has 1 atom stereocenters. The van der Waals surface area contributed by atoms with Crippen molar-refractivity contribution in [3.63, 3.8) is 0 Å². The molecule has 11 heteroatoms. The van der Waals surface area contributed by atoms with E-state index >= 15 is 0 Å². The van der Waals surface area contributed by atoms with Crippen molar-refractivity contribution >= 4 is 50.2 Å². The highest BCUT2D eigenvalue weighted by atomic mass is 79.9. The first kappa shape index (κ1) is 19.4. The van der Waals surface area contributed by atoms with Crippen molar-refractivity contribution in [3.8, 4) is 0 Å². The number of halogens is 5. The molecule has 0 saturated heterocycles. The Bertz CT molecular complexity index is 897. The lowest BCUT2D eigenvalue weighted by Crippen LogP contribution is -2.29. The van der Waals surface area contributed by atoms with Gasteiger partial charge in [-0.25, -0.2) is 4.52 Å². The SMILES string of the molecule is N[C@H](Cc1cc2c(NCc3cccs3)nc(Cl)nn2c1Br)CC(F)(F)F. The van der Waals surface area contributed by atoms with Crippen LogP contribution < -0.4 is 11.1 Å². The second-order valence-electron chi connectivity index (χ2n) is 5.70. The van der Waals surface area contributed by atoms with Crippen molar-refractivity contribution < 1.29 is 13.2 Å². The Hall–Kier alpha value is -1.36. The number of hydrogen-bond acceptors (Lipinski definition) is 5. The molecule has 26 heavy (non-hydrogen) atoms. The minimum Gasteiger partial charge on any atom is -0.363 e. The van der Waals surface area contributed by atoms with Gasteiger partial charge < -0.3 is 11.1 Å². The van der Waals surface area contributed by atoms with Gasteiger partial charge in [-0.15, -0.1) is 16.4 Å². The van der Waals surface area contributed by atoms with Gasteiger partial charge >= 0.3 is 6.18 Å². The molecule has 140 valence electrons. The van der Waals surface area contributed by atoms with E-state index in [4.69, 9.17) is 17.3 Å². The molecule has 3 aromatic heterocycles. The number of anilines is 1. The van der Waals surface area contributed by atoms with Crippen LogP contribution >= 0.6 is 38.9 Å². The van der Waals surface area contributed by atoms with Gasteiger partial charge in [0.05, 0.1) is 13.0 Å². The summed E-state index contributed by atoms with van der Waals surface area (Å²) in [5, 5.41) is 9.28. The van der Waals surface area contributed by atoms with Crippen molar-refractivity contribution in [2.24, 2.45) is 5.73 Å². The summed E-state index contributed by atoms with van der Waals surface area (Å²) in [7, 11) is 0. The largest absolute Gasteiger partial charge is 0.390 e. The Balaban J connectivity index is 1.87. The van der Waals surface area contributed by atoms with Crippen LogP contribution in [0.25, 0.3) is 5.52 Å². The van der Waals surface area contributed by atoms with Gasteiger partial charge in [0.25, 0.3) is 0 Å². The van der Waals surface area contributed by atoms with Crippen LogP contribution in [0.1, 0.15) is 16.9 Å². The predicted molar refractivity (Wildman–Crippen MR) is 99.7 cm³/mol. The molecule has 0 unspecified atom stereocenters. The highest BCUT2D eigenvalue weighted by Gasteiger charge is 2.31. The first-order valence-electron chi connectivity index (χ1n) is 7.55. The van der Waals surface area contributed by atoms with Crippen LogP contribution in [0, 0.1) is 0 Å². The number of fused-ring (bicyclic) bond motifs is 1. The molecule has 5 nitrogen and oxygen atoms in total. The Kier molecular flexibility index (Phi) is 5.75. The number of thiophene rings is 1. The molecule has 3 N–H and O–H groups in total. The summed E-state index contributed by atoms with van der Waals surface area (Å²) in [4.78, 5) is 5.30. The number of alkyl halides is 3. The van der Waals surface area contributed by atoms with E-state index in [0.29, 0.717) is 28.0 Å². The zero-order valence-electron chi connectivity index (χ0n) is 13.2. The van der Waals surface area contributed by atoms with E-state index in [2.05, 4.69) is 31.3 Å². The third-order valence-electron chi connectivity index (χ3n) is 3.61. The van der Waals surface area contributed by atoms with Crippen molar-refractivity contribution in [2.75, 3.05) is 5.32 Å². The molecule has 0 aromatic carbocycles. The maximum absolute atomic E-state index is 12.5. The zero-order chi connectivity index (χ0) is 18.9. The summed E-state index contributed by atoms with van der Waals surface area (Å²) in [6.07, 6.45) is -5.31. The van der Waals surface area contributed by atoms with Crippen LogP contribution in [0.4, 0.5) is 19.0 Å². The molecule has 0 bridgehead atoms. The Morgan fingerprint density at radius 3 is 2.85 bits per heavy atom. The molecule has 3 heterocycles.